The van der Waals surface area contributed by atoms with Crippen LogP contribution in [0.4, 0.5) is 15.8 Å². The molecule has 2 atom stereocenters. The fraction of sp³-hybridized carbons (Fsp3) is 0.250. The van der Waals surface area contributed by atoms with Crippen LogP contribution in [0.5, 0.6) is 11.5 Å². The van der Waals surface area contributed by atoms with Crippen molar-refractivity contribution in [2.24, 2.45) is 10.3 Å². The highest BCUT2D eigenvalue weighted by Crippen LogP contribution is 2.32. The lowest BCUT2D eigenvalue weighted by Crippen LogP contribution is -2.43. The van der Waals surface area contributed by atoms with Gasteiger partial charge in [-0.2, -0.15) is 5.11 Å². The molecule has 0 aliphatic carbocycles. The first-order valence-corrected chi connectivity index (χ1v) is 9.25. The van der Waals surface area contributed by atoms with E-state index in [1.54, 1.807) is 18.2 Å². The summed E-state index contributed by atoms with van der Waals surface area (Å²) in [5.74, 6) is -1.15. The summed E-state index contributed by atoms with van der Waals surface area (Å²) in [5, 5.41) is 11.5. The van der Waals surface area contributed by atoms with E-state index in [0.717, 1.165) is 17.0 Å². The van der Waals surface area contributed by atoms with E-state index < -0.39 is 35.6 Å². The third-order valence-corrected chi connectivity index (χ3v) is 4.88. The summed E-state index contributed by atoms with van der Waals surface area (Å²) >= 11 is 0. The van der Waals surface area contributed by atoms with Gasteiger partial charge in [-0.15, -0.1) is 0 Å². The average Bonchev–Trinajstić information content (AvgIpc) is 3.28. The summed E-state index contributed by atoms with van der Waals surface area (Å²) < 4.78 is 23.5. The van der Waals surface area contributed by atoms with Crippen LogP contribution in [-0.2, 0) is 14.4 Å². The quantitative estimate of drug-likeness (QED) is 0.703. The third kappa shape index (κ3) is 3.77. The van der Waals surface area contributed by atoms with E-state index in [4.69, 9.17) is 9.47 Å². The third-order valence-electron chi connectivity index (χ3n) is 4.88. The van der Waals surface area contributed by atoms with Gasteiger partial charge >= 0.3 is 0 Å². The van der Waals surface area contributed by atoms with Gasteiger partial charge in [-0.1, -0.05) is 5.22 Å². The Bertz CT molecular complexity index is 1050. The number of carbonyl (C=O) groups excluding carboxylic acids is 3. The molecule has 0 radical (unpaired) electrons. The second kappa shape index (κ2) is 8.01. The number of hydrogen-bond donors (Lipinski definition) is 1. The maximum atomic E-state index is 13.2. The number of anilines is 2. The zero-order chi connectivity index (χ0) is 22.1. The lowest BCUT2D eigenvalue weighted by atomic mass is 10.1. The molecule has 0 bridgehead atoms. The van der Waals surface area contributed by atoms with Gasteiger partial charge in [0.1, 0.15) is 23.9 Å². The number of methoxy groups -OCH3 is 2. The number of benzene rings is 2. The predicted molar refractivity (Wildman–Crippen MR) is 106 cm³/mol. The summed E-state index contributed by atoms with van der Waals surface area (Å²) in [6.07, 6.45) is 0. The first kappa shape index (κ1) is 20.3. The zero-order valence-corrected chi connectivity index (χ0v) is 16.6. The van der Waals surface area contributed by atoms with E-state index >= 15 is 0 Å². The summed E-state index contributed by atoms with van der Waals surface area (Å²) in [6, 6.07) is 7.74. The molecule has 10 nitrogen and oxygen atoms in total. The fourth-order valence-corrected chi connectivity index (χ4v) is 3.43. The Labute approximate surface area is 176 Å². The monoisotopic (exact) mass is 427 g/mol. The Morgan fingerprint density at radius 3 is 2.32 bits per heavy atom. The first-order valence-electron chi connectivity index (χ1n) is 9.25. The van der Waals surface area contributed by atoms with Crippen molar-refractivity contribution >= 4 is 29.1 Å². The predicted octanol–water partition coefficient (Wildman–Crippen LogP) is 1.77. The number of nitrogens with zero attached hydrogens (tertiary/aromatic N) is 4. The van der Waals surface area contributed by atoms with Crippen molar-refractivity contribution in [1.82, 2.24) is 5.01 Å². The largest absolute Gasteiger partial charge is 0.497 e. The molecule has 2 aliphatic rings. The molecular formula is C20H18FN5O5. The zero-order valence-electron chi connectivity index (χ0n) is 16.6. The SMILES string of the molecule is COc1cc(NC(=O)CN2N=N[C@@H]3C(=O)N(c4ccc(F)cc4)C(=O)[C@@H]32)cc(OC)c1. The molecule has 2 aromatic rings. The van der Waals surface area contributed by atoms with E-state index in [0.29, 0.717) is 17.2 Å². The van der Waals surface area contributed by atoms with Crippen LogP contribution in [0.1, 0.15) is 0 Å². The van der Waals surface area contributed by atoms with E-state index in [1.807, 2.05) is 0 Å². The Morgan fingerprint density at radius 1 is 1.06 bits per heavy atom. The van der Waals surface area contributed by atoms with E-state index in [1.165, 1.54) is 31.4 Å². The molecule has 31 heavy (non-hydrogen) atoms. The van der Waals surface area contributed by atoms with Gasteiger partial charge < -0.3 is 14.8 Å². The molecule has 2 aromatic carbocycles. The topological polar surface area (TPSA) is 113 Å². The molecule has 0 aromatic heterocycles. The Balaban J connectivity index is 1.48. The van der Waals surface area contributed by atoms with Gasteiger partial charge in [0.25, 0.3) is 11.8 Å². The molecule has 2 aliphatic heterocycles. The number of nitrogens with one attached hydrogen (secondary N) is 1. The minimum Gasteiger partial charge on any atom is -0.497 e. The van der Waals surface area contributed by atoms with Crippen LogP contribution < -0.4 is 19.7 Å². The molecular weight excluding hydrogens is 409 g/mol. The highest BCUT2D eigenvalue weighted by Gasteiger charge is 2.55. The molecule has 2 heterocycles. The molecule has 0 spiro atoms. The second-order valence-electron chi connectivity index (χ2n) is 6.83. The Hall–Kier alpha value is -4.02. The van der Waals surface area contributed by atoms with Crippen LogP contribution in [0.25, 0.3) is 0 Å². The number of halogens is 1. The summed E-state index contributed by atoms with van der Waals surface area (Å²) in [4.78, 5) is 39.0. The second-order valence-corrected chi connectivity index (χ2v) is 6.83. The van der Waals surface area contributed by atoms with Gasteiger partial charge in [-0.05, 0) is 24.3 Å². The number of hydrogen-bond acceptors (Lipinski definition) is 8. The van der Waals surface area contributed by atoms with Crippen molar-refractivity contribution in [1.29, 1.82) is 0 Å². The van der Waals surface area contributed by atoms with Crippen LogP contribution in [-0.4, -0.2) is 55.6 Å². The van der Waals surface area contributed by atoms with Crippen molar-refractivity contribution < 1.29 is 28.2 Å². The molecule has 11 heteroatoms. The number of imide groups is 1. The molecule has 4 rings (SSSR count). The minimum absolute atomic E-state index is 0.230. The normalized spacial score (nSPS) is 19.6. The van der Waals surface area contributed by atoms with Gasteiger partial charge in [-0.3, -0.25) is 19.4 Å². The van der Waals surface area contributed by atoms with Gasteiger partial charge in [0, 0.05) is 23.9 Å². The Morgan fingerprint density at radius 2 is 1.71 bits per heavy atom. The maximum absolute atomic E-state index is 13.2. The van der Waals surface area contributed by atoms with Crippen LogP contribution in [0.15, 0.2) is 52.8 Å². The number of amides is 3. The lowest BCUT2D eigenvalue weighted by Gasteiger charge is -2.20. The van der Waals surface area contributed by atoms with E-state index in [9.17, 15) is 18.8 Å². The van der Waals surface area contributed by atoms with Crippen molar-refractivity contribution in [2.45, 2.75) is 12.1 Å². The van der Waals surface area contributed by atoms with Crippen LogP contribution in [0, 0.1) is 5.82 Å². The van der Waals surface area contributed by atoms with Crippen LogP contribution in [0.3, 0.4) is 0 Å². The molecule has 1 saturated heterocycles. The molecule has 0 saturated carbocycles. The van der Waals surface area contributed by atoms with Crippen molar-refractivity contribution in [2.75, 3.05) is 31.0 Å². The molecule has 0 unspecified atom stereocenters. The first-order chi connectivity index (χ1) is 14.9. The average molecular weight is 427 g/mol. The van der Waals surface area contributed by atoms with Crippen LogP contribution >= 0.6 is 0 Å². The van der Waals surface area contributed by atoms with Crippen LogP contribution in [0.2, 0.25) is 0 Å². The summed E-state index contributed by atoms with van der Waals surface area (Å²) in [5.41, 5.74) is 0.657. The molecule has 160 valence electrons. The maximum Gasteiger partial charge on any atom is 0.263 e. The number of ether oxygens (including phenoxy) is 2. The number of fused-ring (bicyclic) bond motifs is 1. The summed E-state index contributed by atoms with van der Waals surface area (Å²) in [6.45, 7) is -0.305. The van der Waals surface area contributed by atoms with E-state index in [2.05, 4.69) is 15.7 Å². The van der Waals surface area contributed by atoms with Gasteiger partial charge in [0.15, 0.2) is 12.1 Å². The molecule has 1 N–H and O–H groups in total. The fourth-order valence-electron chi connectivity index (χ4n) is 3.43. The molecule has 1 fully saturated rings. The van der Waals surface area contributed by atoms with Crippen molar-refractivity contribution in [3.05, 3.63) is 48.3 Å². The standard InChI is InChI=1S/C20H18FN5O5/c1-30-14-7-12(8-15(9-14)31-2)22-16(27)10-25-18-17(23-24-25)19(28)26(20(18)29)13-5-3-11(21)4-6-13/h3-9,17-18H,10H2,1-2H3,(H,22,27)/t17-,18+/m0/s1. The lowest BCUT2D eigenvalue weighted by molar-refractivity contribution is -0.123. The highest BCUT2D eigenvalue weighted by atomic mass is 19.1. The minimum atomic E-state index is -1.05. The van der Waals surface area contributed by atoms with Gasteiger partial charge in [0.05, 0.1) is 19.9 Å². The summed E-state index contributed by atoms with van der Waals surface area (Å²) in [7, 11) is 2.97. The highest BCUT2D eigenvalue weighted by molar-refractivity contribution is 6.25. The molecule has 3 amide bonds. The van der Waals surface area contributed by atoms with Gasteiger partial charge in [-0.25, -0.2) is 9.29 Å². The van der Waals surface area contributed by atoms with Crippen molar-refractivity contribution in [3.63, 3.8) is 0 Å². The van der Waals surface area contributed by atoms with Gasteiger partial charge in [0.2, 0.25) is 5.91 Å². The number of carbonyl (C=O) groups is 3. The van der Waals surface area contributed by atoms with E-state index in [-0.39, 0.29) is 12.2 Å². The Kier molecular flexibility index (Phi) is 5.24. The smallest absolute Gasteiger partial charge is 0.263 e. The van der Waals surface area contributed by atoms with Crippen molar-refractivity contribution in [3.8, 4) is 11.5 Å². The number of rotatable bonds is 6.